The van der Waals surface area contributed by atoms with Crippen molar-refractivity contribution in [2.45, 2.75) is 6.54 Å². The third-order valence-electron chi connectivity index (χ3n) is 4.30. The maximum atomic E-state index is 13.3. The number of halogens is 2. The monoisotopic (exact) mass is 396 g/mol. The number of nitrogens with zero attached hydrogens (tertiary/aromatic N) is 4. The summed E-state index contributed by atoms with van der Waals surface area (Å²) < 4.78 is 25.5. The van der Waals surface area contributed by atoms with E-state index in [4.69, 9.17) is 20.5 Å². The molecule has 3 heterocycles. The molecule has 0 amide bonds. The van der Waals surface area contributed by atoms with Gasteiger partial charge in [-0.15, -0.1) is 0 Å². The van der Waals surface area contributed by atoms with Crippen LogP contribution in [-0.4, -0.2) is 19.7 Å². The van der Waals surface area contributed by atoms with Crippen LogP contribution in [-0.2, 0) is 6.54 Å². The molecule has 3 aromatic heterocycles. The molecule has 138 valence electrons. The summed E-state index contributed by atoms with van der Waals surface area (Å²) in [6.07, 6.45) is 1.41. The Morgan fingerprint density at radius 3 is 2.89 bits per heavy atom. The van der Waals surface area contributed by atoms with Gasteiger partial charge in [0.25, 0.3) is 5.56 Å². The van der Waals surface area contributed by atoms with Gasteiger partial charge in [0.1, 0.15) is 23.5 Å². The predicted octanol–water partition coefficient (Wildman–Crippen LogP) is 4.03. The Morgan fingerprint density at radius 2 is 2.04 bits per heavy atom. The lowest BCUT2D eigenvalue weighted by Crippen LogP contribution is -2.20. The van der Waals surface area contributed by atoms with Gasteiger partial charge in [0.2, 0.25) is 17.3 Å². The van der Waals surface area contributed by atoms with Crippen molar-refractivity contribution in [3.63, 3.8) is 0 Å². The molecule has 0 unspecified atom stereocenters. The van der Waals surface area contributed by atoms with Gasteiger partial charge in [-0.3, -0.25) is 9.36 Å². The summed E-state index contributed by atoms with van der Waals surface area (Å²) in [5.74, 6) is -0.108. The van der Waals surface area contributed by atoms with Crippen LogP contribution in [0.3, 0.4) is 0 Å². The van der Waals surface area contributed by atoms with Crippen LogP contribution < -0.4 is 5.56 Å². The lowest BCUT2D eigenvalue weighted by Gasteiger charge is -2.00. The molecule has 0 aliphatic carbocycles. The van der Waals surface area contributed by atoms with Crippen molar-refractivity contribution < 1.29 is 13.3 Å². The highest BCUT2D eigenvalue weighted by atomic mass is 35.5. The molecular weight excluding hydrogens is 387 g/mol. The first kappa shape index (κ1) is 16.6. The van der Waals surface area contributed by atoms with E-state index in [0.717, 1.165) is 5.39 Å². The van der Waals surface area contributed by atoms with E-state index in [9.17, 15) is 9.18 Å². The van der Waals surface area contributed by atoms with E-state index in [1.807, 2.05) is 18.2 Å². The van der Waals surface area contributed by atoms with Crippen LogP contribution in [0.2, 0.25) is 5.02 Å². The van der Waals surface area contributed by atoms with Gasteiger partial charge in [-0.25, -0.2) is 9.37 Å². The van der Waals surface area contributed by atoms with Crippen molar-refractivity contribution in [1.82, 2.24) is 19.7 Å². The van der Waals surface area contributed by atoms with Gasteiger partial charge >= 0.3 is 0 Å². The number of aromatic nitrogens is 4. The fourth-order valence-electron chi connectivity index (χ4n) is 2.95. The SMILES string of the molecule is O=c1c2oc3ccccc3c2ncn1Cc1nc(-c2ccc(F)c(Cl)c2)no1. The van der Waals surface area contributed by atoms with Crippen LogP contribution in [0.4, 0.5) is 4.39 Å². The normalized spacial score (nSPS) is 11.5. The molecule has 0 bridgehead atoms. The lowest BCUT2D eigenvalue weighted by molar-refractivity contribution is 0.369. The van der Waals surface area contributed by atoms with Gasteiger partial charge in [0.05, 0.1) is 11.3 Å². The number of rotatable bonds is 3. The number of benzene rings is 2. The Bertz CT molecular complexity index is 1410. The molecule has 0 aliphatic rings. The van der Waals surface area contributed by atoms with Crippen LogP contribution in [0, 0.1) is 5.82 Å². The van der Waals surface area contributed by atoms with Gasteiger partial charge in [0, 0.05) is 10.9 Å². The van der Waals surface area contributed by atoms with Crippen molar-refractivity contribution in [2.24, 2.45) is 0 Å². The maximum Gasteiger partial charge on any atom is 0.297 e. The minimum absolute atomic E-state index is 0.0146. The molecule has 7 nitrogen and oxygen atoms in total. The second-order valence-electron chi connectivity index (χ2n) is 6.09. The second-order valence-corrected chi connectivity index (χ2v) is 6.50. The highest BCUT2D eigenvalue weighted by Gasteiger charge is 2.16. The molecule has 2 aromatic carbocycles. The standard InChI is InChI=1S/C19H10ClFN4O3/c20-12-7-10(5-6-13(12)21)18-23-15(28-24-18)8-25-9-22-16-11-3-1-2-4-14(11)27-17(16)19(25)26/h1-7,9H,8H2. The quantitative estimate of drug-likeness (QED) is 0.457. The average Bonchev–Trinajstić information content (AvgIpc) is 3.31. The number of hydrogen-bond donors (Lipinski definition) is 0. The smallest absolute Gasteiger partial charge is 0.297 e. The van der Waals surface area contributed by atoms with Crippen LogP contribution in [0.25, 0.3) is 33.5 Å². The molecule has 0 aliphatic heterocycles. The molecule has 9 heteroatoms. The third kappa shape index (κ3) is 2.66. The van der Waals surface area contributed by atoms with Gasteiger partial charge in [-0.1, -0.05) is 28.9 Å². The van der Waals surface area contributed by atoms with Crippen LogP contribution in [0.15, 0.2) is 62.5 Å². The van der Waals surface area contributed by atoms with E-state index in [-0.39, 0.29) is 34.4 Å². The molecule has 28 heavy (non-hydrogen) atoms. The van der Waals surface area contributed by atoms with E-state index in [1.54, 1.807) is 6.07 Å². The number of hydrogen-bond acceptors (Lipinski definition) is 6. The predicted molar refractivity (Wildman–Crippen MR) is 99.6 cm³/mol. The molecule has 5 rings (SSSR count). The first-order valence-corrected chi connectivity index (χ1v) is 8.62. The van der Waals surface area contributed by atoms with Crippen LogP contribution >= 0.6 is 11.6 Å². The molecule has 0 atom stereocenters. The van der Waals surface area contributed by atoms with Crippen molar-refractivity contribution in [2.75, 3.05) is 0 Å². The van der Waals surface area contributed by atoms with Crippen LogP contribution in [0.1, 0.15) is 5.89 Å². The van der Waals surface area contributed by atoms with Crippen molar-refractivity contribution >= 4 is 33.7 Å². The second kappa shape index (κ2) is 6.28. The molecule has 0 fully saturated rings. The topological polar surface area (TPSA) is 87.0 Å². The molecule has 0 radical (unpaired) electrons. The van der Waals surface area contributed by atoms with E-state index in [2.05, 4.69) is 15.1 Å². The van der Waals surface area contributed by atoms with E-state index < -0.39 is 5.82 Å². The molecule has 0 N–H and O–H groups in total. The van der Waals surface area contributed by atoms with E-state index in [0.29, 0.717) is 16.7 Å². The molecule has 0 saturated carbocycles. The fourth-order valence-corrected chi connectivity index (χ4v) is 3.13. The van der Waals surface area contributed by atoms with Crippen molar-refractivity contribution in [1.29, 1.82) is 0 Å². The summed E-state index contributed by atoms with van der Waals surface area (Å²) in [5, 5.41) is 4.58. The largest absolute Gasteiger partial charge is 0.448 e. The summed E-state index contributed by atoms with van der Waals surface area (Å²) in [4.78, 5) is 21.3. The van der Waals surface area contributed by atoms with Crippen LogP contribution in [0.5, 0.6) is 0 Å². The minimum atomic E-state index is -0.536. The van der Waals surface area contributed by atoms with Gasteiger partial charge in [-0.2, -0.15) is 4.98 Å². The summed E-state index contributed by atoms with van der Waals surface area (Å²) >= 11 is 5.78. The molecule has 0 saturated heterocycles. The van der Waals surface area contributed by atoms with Gasteiger partial charge in [-0.05, 0) is 30.3 Å². The van der Waals surface area contributed by atoms with Crippen molar-refractivity contribution in [3.8, 4) is 11.4 Å². The zero-order chi connectivity index (χ0) is 19.3. The van der Waals surface area contributed by atoms with E-state index in [1.165, 1.54) is 29.1 Å². The summed E-state index contributed by atoms with van der Waals surface area (Å²) in [6, 6.07) is 11.4. The Kier molecular flexibility index (Phi) is 3.73. The Labute approximate surface area is 161 Å². The minimum Gasteiger partial charge on any atom is -0.448 e. The average molecular weight is 397 g/mol. The van der Waals surface area contributed by atoms with Gasteiger partial charge in [0.15, 0.2) is 0 Å². The zero-order valence-electron chi connectivity index (χ0n) is 14.1. The Hall–Kier alpha value is -3.52. The van der Waals surface area contributed by atoms with Gasteiger partial charge < -0.3 is 8.94 Å². The van der Waals surface area contributed by atoms with Crippen molar-refractivity contribution in [3.05, 3.63) is 75.9 Å². The molecule has 5 aromatic rings. The summed E-state index contributed by atoms with van der Waals surface area (Å²) in [5.41, 5.74) is 1.40. The zero-order valence-corrected chi connectivity index (χ0v) is 14.9. The molecule has 0 spiro atoms. The fraction of sp³-hybridized carbons (Fsp3) is 0.0526. The highest BCUT2D eigenvalue weighted by molar-refractivity contribution is 6.31. The Balaban J connectivity index is 1.51. The number of fused-ring (bicyclic) bond motifs is 3. The maximum absolute atomic E-state index is 13.3. The number of para-hydroxylation sites is 1. The van der Waals surface area contributed by atoms with E-state index >= 15 is 0 Å². The Morgan fingerprint density at radius 1 is 1.18 bits per heavy atom. The molecular formula is C19H10ClFN4O3. The summed E-state index contributed by atoms with van der Waals surface area (Å²) in [6.45, 7) is 0.0146. The highest BCUT2D eigenvalue weighted by Crippen LogP contribution is 2.25. The third-order valence-corrected chi connectivity index (χ3v) is 4.59. The lowest BCUT2D eigenvalue weighted by atomic mass is 10.2. The summed E-state index contributed by atoms with van der Waals surface area (Å²) in [7, 11) is 0. The number of furan rings is 1. The first-order chi connectivity index (χ1) is 13.6. The first-order valence-electron chi connectivity index (χ1n) is 8.25.